The summed E-state index contributed by atoms with van der Waals surface area (Å²) >= 11 is 6.29. The fourth-order valence-electron chi connectivity index (χ4n) is 5.41. The summed E-state index contributed by atoms with van der Waals surface area (Å²) in [6, 6.07) is 7.22. The number of anilines is 2. The van der Waals surface area contributed by atoms with E-state index in [4.69, 9.17) is 16.6 Å². The van der Waals surface area contributed by atoms with Crippen LogP contribution in [0.25, 0.3) is 0 Å². The van der Waals surface area contributed by atoms with Gasteiger partial charge in [-0.2, -0.15) is 4.98 Å². The van der Waals surface area contributed by atoms with Gasteiger partial charge < -0.3 is 25.5 Å². The fraction of sp³-hybridized carbons (Fsp3) is 0.444. The summed E-state index contributed by atoms with van der Waals surface area (Å²) in [6.45, 7) is 4.51. The standard InChI is InChI=1S/C27H33ClN8O2/c1-35-10-2-6-27(17-35)7-11-36(18-27)26-33-14-21(25(38)32-15-23-29-8-3-9-30-23)24(34-26)31-13-19-4-5-20(16-37)22(28)12-19/h3-5,8-9,12,14,37H,2,6-7,10-11,13,15-18H2,1H3,(H,32,38)(H,31,33,34). The molecule has 2 aromatic heterocycles. The number of aliphatic hydroxyl groups is 1. The number of aromatic nitrogens is 4. The van der Waals surface area contributed by atoms with Crippen LogP contribution >= 0.6 is 11.6 Å². The summed E-state index contributed by atoms with van der Waals surface area (Å²) in [4.78, 5) is 35.6. The Balaban J connectivity index is 1.36. The zero-order valence-electron chi connectivity index (χ0n) is 21.5. The third-order valence-corrected chi connectivity index (χ3v) is 7.72. The smallest absolute Gasteiger partial charge is 0.256 e. The van der Waals surface area contributed by atoms with Gasteiger partial charge in [-0.25, -0.2) is 15.0 Å². The summed E-state index contributed by atoms with van der Waals surface area (Å²) < 4.78 is 0. The van der Waals surface area contributed by atoms with Gasteiger partial charge in [-0.1, -0.05) is 23.7 Å². The molecule has 5 rings (SSSR count). The summed E-state index contributed by atoms with van der Waals surface area (Å²) in [5.74, 6) is 1.28. The van der Waals surface area contributed by atoms with Crippen LogP contribution in [0, 0.1) is 5.41 Å². The molecular formula is C27H33ClN8O2. The lowest BCUT2D eigenvalue weighted by Gasteiger charge is -2.38. The molecular weight excluding hydrogens is 504 g/mol. The van der Waals surface area contributed by atoms with E-state index in [9.17, 15) is 9.90 Å². The first-order chi connectivity index (χ1) is 18.4. The third kappa shape index (κ3) is 6.03. The minimum atomic E-state index is -0.313. The molecule has 38 heavy (non-hydrogen) atoms. The van der Waals surface area contributed by atoms with E-state index < -0.39 is 0 Å². The van der Waals surface area contributed by atoms with Crippen LogP contribution in [0.3, 0.4) is 0 Å². The van der Waals surface area contributed by atoms with Crippen LogP contribution in [-0.4, -0.2) is 69.1 Å². The van der Waals surface area contributed by atoms with Crippen LogP contribution in [0.4, 0.5) is 11.8 Å². The van der Waals surface area contributed by atoms with Crippen molar-refractivity contribution in [3.05, 3.63) is 70.4 Å². The van der Waals surface area contributed by atoms with Crippen molar-refractivity contribution in [2.75, 3.05) is 43.4 Å². The molecule has 2 aliphatic heterocycles. The predicted molar refractivity (Wildman–Crippen MR) is 146 cm³/mol. The SMILES string of the molecule is CN1CCCC2(CCN(c3ncc(C(=O)NCc4ncccn4)c(NCc4ccc(CO)c(Cl)c4)n3)C2)C1. The second-order valence-electron chi connectivity index (χ2n) is 10.2. The van der Waals surface area contributed by atoms with Crippen molar-refractivity contribution < 1.29 is 9.90 Å². The number of benzene rings is 1. The number of rotatable bonds is 8. The molecule has 0 radical (unpaired) electrons. The molecule has 0 aliphatic carbocycles. The molecule has 11 heteroatoms. The van der Waals surface area contributed by atoms with Gasteiger partial charge in [-0.15, -0.1) is 0 Å². The topological polar surface area (TPSA) is 119 Å². The minimum absolute atomic E-state index is 0.121. The van der Waals surface area contributed by atoms with Gasteiger partial charge >= 0.3 is 0 Å². The highest BCUT2D eigenvalue weighted by Crippen LogP contribution is 2.39. The second kappa shape index (κ2) is 11.6. The molecule has 1 unspecified atom stereocenters. The molecule has 2 saturated heterocycles. The van der Waals surface area contributed by atoms with E-state index in [0.717, 1.165) is 38.2 Å². The highest BCUT2D eigenvalue weighted by Gasteiger charge is 2.41. The van der Waals surface area contributed by atoms with Gasteiger partial charge in [0, 0.05) is 55.2 Å². The monoisotopic (exact) mass is 536 g/mol. The van der Waals surface area contributed by atoms with Gasteiger partial charge in [0.25, 0.3) is 5.91 Å². The Kier molecular flexibility index (Phi) is 8.01. The summed E-state index contributed by atoms with van der Waals surface area (Å²) in [5, 5.41) is 16.1. The van der Waals surface area contributed by atoms with Crippen LogP contribution < -0.4 is 15.5 Å². The number of nitrogens with zero attached hydrogens (tertiary/aromatic N) is 6. The maximum absolute atomic E-state index is 13.1. The Morgan fingerprint density at radius 1 is 1.13 bits per heavy atom. The Bertz CT molecular complexity index is 1280. The quantitative estimate of drug-likeness (QED) is 0.399. The molecule has 10 nitrogen and oxygen atoms in total. The van der Waals surface area contributed by atoms with Gasteiger partial charge in [0.15, 0.2) is 0 Å². The van der Waals surface area contributed by atoms with Gasteiger partial charge in [-0.3, -0.25) is 4.79 Å². The first-order valence-electron chi connectivity index (χ1n) is 12.9. The maximum atomic E-state index is 13.1. The van der Waals surface area contributed by atoms with Crippen LogP contribution in [0.2, 0.25) is 5.02 Å². The number of hydrogen-bond acceptors (Lipinski definition) is 9. The molecule has 2 aliphatic rings. The van der Waals surface area contributed by atoms with Crippen molar-refractivity contribution in [3.63, 3.8) is 0 Å². The van der Waals surface area contributed by atoms with E-state index in [0.29, 0.717) is 40.3 Å². The Labute approximate surface area is 227 Å². The highest BCUT2D eigenvalue weighted by molar-refractivity contribution is 6.31. The van der Waals surface area contributed by atoms with Crippen molar-refractivity contribution in [1.82, 2.24) is 30.2 Å². The normalized spacial score (nSPS) is 19.6. The molecule has 1 aromatic carbocycles. The van der Waals surface area contributed by atoms with Gasteiger partial charge in [0.05, 0.1) is 13.2 Å². The van der Waals surface area contributed by atoms with Crippen LogP contribution in [0.5, 0.6) is 0 Å². The number of amides is 1. The first-order valence-corrected chi connectivity index (χ1v) is 13.3. The molecule has 3 aromatic rings. The number of carbonyl (C=O) groups is 1. The summed E-state index contributed by atoms with van der Waals surface area (Å²) in [6.07, 6.45) is 8.40. The van der Waals surface area contributed by atoms with Crippen LogP contribution in [-0.2, 0) is 19.7 Å². The first kappa shape index (κ1) is 26.3. The van der Waals surface area contributed by atoms with Crippen LogP contribution in [0.1, 0.15) is 46.6 Å². The number of likely N-dealkylation sites (tertiary alicyclic amines) is 1. The number of hydrogen-bond donors (Lipinski definition) is 3. The second-order valence-corrected chi connectivity index (χ2v) is 10.6. The lowest BCUT2D eigenvalue weighted by atomic mass is 9.79. The Morgan fingerprint density at radius 3 is 2.74 bits per heavy atom. The summed E-state index contributed by atoms with van der Waals surface area (Å²) in [5.41, 5.74) is 2.18. The number of nitrogens with one attached hydrogen (secondary N) is 2. The molecule has 3 N–H and O–H groups in total. The third-order valence-electron chi connectivity index (χ3n) is 7.37. The van der Waals surface area contributed by atoms with Gasteiger partial charge in [0.2, 0.25) is 5.95 Å². The average molecular weight is 537 g/mol. The van der Waals surface area contributed by atoms with Crippen LogP contribution in [0.15, 0.2) is 42.9 Å². The van der Waals surface area contributed by atoms with Crippen molar-refractivity contribution in [3.8, 4) is 0 Å². The molecule has 1 amide bonds. The van der Waals surface area contributed by atoms with E-state index in [1.54, 1.807) is 36.8 Å². The van der Waals surface area contributed by atoms with Crippen molar-refractivity contribution >= 4 is 29.3 Å². The van der Waals surface area contributed by atoms with Crippen molar-refractivity contribution in [2.45, 2.75) is 39.0 Å². The zero-order valence-corrected chi connectivity index (χ0v) is 22.3. The van der Waals surface area contributed by atoms with Crippen molar-refractivity contribution in [1.29, 1.82) is 0 Å². The molecule has 1 spiro atoms. The summed E-state index contributed by atoms with van der Waals surface area (Å²) in [7, 11) is 2.19. The van der Waals surface area contributed by atoms with Gasteiger partial charge in [-0.05, 0) is 56.1 Å². The maximum Gasteiger partial charge on any atom is 0.256 e. The van der Waals surface area contributed by atoms with E-state index in [2.05, 4.69) is 42.4 Å². The minimum Gasteiger partial charge on any atom is -0.392 e. The molecule has 200 valence electrons. The zero-order chi connectivity index (χ0) is 26.5. The Hall–Kier alpha value is -3.34. The molecule has 0 saturated carbocycles. The van der Waals surface area contributed by atoms with E-state index >= 15 is 0 Å². The Morgan fingerprint density at radius 2 is 1.97 bits per heavy atom. The lowest BCUT2D eigenvalue weighted by molar-refractivity contribution is 0.0950. The number of aliphatic hydroxyl groups excluding tert-OH is 1. The van der Waals surface area contributed by atoms with E-state index in [1.165, 1.54) is 12.8 Å². The van der Waals surface area contributed by atoms with E-state index in [1.807, 2.05) is 6.07 Å². The van der Waals surface area contributed by atoms with Gasteiger partial charge in [0.1, 0.15) is 17.2 Å². The molecule has 0 bridgehead atoms. The fourth-order valence-corrected chi connectivity index (χ4v) is 5.67. The van der Waals surface area contributed by atoms with E-state index in [-0.39, 0.29) is 24.5 Å². The molecule has 1 atom stereocenters. The average Bonchev–Trinajstić information content (AvgIpc) is 3.33. The molecule has 2 fully saturated rings. The highest BCUT2D eigenvalue weighted by atomic mass is 35.5. The number of carbonyl (C=O) groups excluding carboxylic acids is 1. The number of halogens is 1. The number of piperidine rings is 1. The predicted octanol–water partition coefficient (Wildman–Crippen LogP) is 2.88. The van der Waals surface area contributed by atoms with Crippen molar-refractivity contribution in [2.24, 2.45) is 5.41 Å². The largest absolute Gasteiger partial charge is 0.392 e. The molecule has 4 heterocycles. The lowest BCUT2D eigenvalue weighted by Crippen LogP contribution is -2.43.